The standard InChI is InChI=1S/C15H24N2O2/c1-4-6-9-14(5-2)16-11-13-8-7-10-15(12(13)3)17(18)19/h7-8,10,14,16H,4-6,9,11H2,1-3H3. The molecule has 4 heteroatoms. The van der Waals surface area contributed by atoms with E-state index in [-0.39, 0.29) is 10.6 Å². The average Bonchev–Trinajstić information content (AvgIpc) is 2.40. The predicted octanol–water partition coefficient (Wildman–Crippen LogP) is 3.96. The molecule has 0 aliphatic rings. The summed E-state index contributed by atoms with van der Waals surface area (Å²) in [6, 6.07) is 5.78. The molecule has 19 heavy (non-hydrogen) atoms. The highest BCUT2D eigenvalue weighted by Gasteiger charge is 2.13. The zero-order valence-corrected chi connectivity index (χ0v) is 12.1. The number of hydrogen-bond donors (Lipinski definition) is 1. The molecule has 0 fully saturated rings. The number of hydrogen-bond acceptors (Lipinski definition) is 3. The van der Waals surface area contributed by atoms with Gasteiger partial charge < -0.3 is 5.32 Å². The molecule has 1 atom stereocenters. The number of nitro benzene ring substituents is 1. The van der Waals surface area contributed by atoms with Crippen LogP contribution in [-0.4, -0.2) is 11.0 Å². The minimum absolute atomic E-state index is 0.209. The van der Waals surface area contributed by atoms with E-state index in [0.29, 0.717) is 12.6 Å². The molecule has 4 nitrogen and oxygen atoms in total. The maximum atomic E-state index is 10.9. The first-order valence-electron chi connectivity index (χ1n) is 7.06. The normalized spacial score (nSPS) is 12.4. The van der Waals surface area contributed by atoms with E-state index in [1.165, 1.54) is 19.3 Å². The van der Waals surface area contributed by atoms with Gasteiger partial charge >= 0.3 is 0 Å². The third-order valence-electron chi connectivity index (χ3n) is 3.59. The van der Waals surface area contributed by atoms with Crippen LogP contribution in [0, 0.1) is 17.0 Å². The molecule has 1 aromatic rings. The topological polar surface area (TPSA) is 55.2 Å². The maximum Gasteiger partial charge on any atom is 0.272 e. The Hall–Kier alpha value is -1.42. The van der Waals surface area contributed by atoms with Crippen LogP contribution in [0.4, 0.5) is 5.69 Å². The summed E-state index contributed by atoms with van der Waals surface area (Å²) in [4.78, 5) is 10.6. The Morgan fingerprint density at radius 1 is 1.37 bits per heavy atom. The first-order chi connectivity index (χ1) is 9.10. The van der Waals surface area contributed by atoms with E-state index in [0.717, 1.165) is 17.5 Å². The van der Waals surface area contributed by atoms with Crippen LogP contribution in [0.25, 0.3) is 0 Å². The van der Waals surface area contributed by atoms with Crippen molar-refractivity contribution in [3.05, 3.63) is 39.4 Å². The number of unbranched alkanes of at least 4 members (excludes halogenated alkanes) is 1. The van der Waals surface area contributed by atoms with Crippen molar-refractivity contribution < 1.29 is 4.92 Å². The van der Waals surface area contributed by atoms with Gasteiger partial charge in [0.05, 0.1) is 4.92 Å². The monoisotopic (exact) mass is 264 g/mol. The van der Waals surface area contributed by atoms with Crippen LogP contribution >= 0.6 is 0 Å². The Labute approximate surface area is 115 Å². The Morgan fingerprint density at radius 3 is 2.68 bits per heavy atom. The minimum Gasteiger partial charge on any atom is -0.310 e. The summed E-state index contributed by atoms with van der Waals surface area (Å²) in [6.07, 6.45) is 4.68. The first-order valence-corrected chi connectivity index (χ1v) is 7.06. The summed E-state index contributed by atoms with van der Waals surface area (Å²) < 4.78 is 0. The Bertz CT molecular complexity index is 419. The number of benzene rings is 1. The fourth-order valence-corrected chi connectivity index (χ4v) is 2.21. The highest BCUT2D eigenvalue weighted by molar-refractivity contribution is 5.44. The first kappa shape index (κ1) is 15.6. The molecule has 0 heterocycles. The van der Waals surface area contributed by atoms with Crippen LogP contribution in [0.15, 0.2) is 18.2 Å². The van der Waals surface area contributed by atoms with E-state index in [1.807, 2.05) is 13.0 Å². The lowest BCUT2D eigenvalue weighted by Gasteiger charge is -2.17. The lowest BCUT2D eigenvalue weighted by atomic mass is 10.0. The Balaban J connectivity index is 2.66. The lowest BCUT2D eigenvalue weighted by molar-refractivity contribution is -0.385. The van der Waals surface area contributed by atoms with E-state index in [9.17, 15) is 10.1 Å². The van der Waals surface area contributed by atoms with Crippen molar-refractivity contribution in [1.82, 2.24) is 5.32 Å². The van der Waals surface area contributed by atoms with Gasteiger partial charge in [0.15, 0.2) is 0 Å². The van der Waals surface area contributed by atoms with Gasteiger partial charge in [-0.1, -0.05) is 38.8 Å². The van der Waals surface area contributed by atoms with Crippen molar-refractivity contribution in [2.24, 2.45) is 0 Å². The predicted molar refractivity (Wildman–Crippen MR) is 78.3 cm³/mol. The van der Waals surface area contributed by atoms with Crippen LogP contribution in [0.3, 0.4) is 0 Å². The van der Waals surface area contributed by atoms with Gasteiger partial charge in [0.25, 0.3) is 5.69 Å². The van der Waals surface area contributed by atoms with Gasteiger partial charge in [0.1, 0.15) is 0 Å². The van der Waals surface area contributed by atoms with Crippen LogP contribution in [0.5, 0.6) is 0 Å². The quantitative estimate of drug-likeness (QED) is 0.571. The highest BCUT2D eigenvalue weighted by Crippen LogP contribution is 2.21. The molecule has 0 radical (unpaired) electrons. The summed E-state index contributed by atoms with van der Waals surface area (Å²) >= 11 is 0. The lowest BCUT2D eigenvalue weighted by Crippen LogP contribution is -2.28. The van der Waals surface area contributed by atoms with E-state index >= 15 is 0 Å². The summed E-state index contributed by atoms with van der Waals surface area (Å²) in [6.45, 7) is 6.89. The van der Waals surface area contributed by atoms with Gasteiger partial charge in [-0.05, 0) is 25.3 Å². The molecule has 0 amide bonds. The second kappa shape index (κ2) is 7.89. The van der Waals surface area contributed by atoms with Crippen molar-refractivity contribution in [2.45, 2.75) is 59.0 Å². The van der Waals surface area contributed by atoms with Gasteiger partial charge in [0.2, 0.25) is 0 Å². The number of rotatable bonds is 8. The van der Waals surface area contributed by atoms with Crippen LogP contribution in [0.2, 0.25) is 0 Å². The van der Waals surface area contributed by atoms with E-state index in [4.69, 9.17) is 0 Å². The molecule has 1 unspecified atom stereocenters. The highest BCUT2D eigenvalue weighted by atomic mass is 16.6. The average molecular weight is 264 g/mol. The molecule has 0 bridgehead atoms. The third-order valence-corrected chi connectivity index (χ3v) is 3.59. The molecular formula is C15H24N2O2. The third kappa shape index (κ3) is 4.63. The SMILES string of the molecule is CCCCC(CC)NCc1cccc([N+](=O)[O-])c1C. The largest absolute Gasteiger partial charge is 0.310 e. The molecule has 0 aliphatic heterocycles. The molecule has 0 saturated heterocycles. The van der Waals surface area contributed by atoms with Crippen molar-refractivity contribution in [3.8, 4) is 0 Å². The van der Waals surface area contributed by atoms with Crippen molar-refractivity contribution >= 4 is 5.69 Å². The van der Waals surface area contributed by atoms with E-state index in [1.54, 1.807) is 12.1 Å². The number of nitrogens with one attached hydrogen (secondary N) is 1. The zero-order chi connectivity index (χ0) is 14.3. The van der Waals surface area contributed by atoms with Crippen molar-refractivity contribution in [1.29, 1.82) is 0 Å². The van der Waals surface area contributed by atoms with E-state index in [2.05, 4.69) is 19.2 Å². The molecular weight excluding hydrogens is 240 g/mol. The van der Waals surface area contributed by atoms with Gasteiger partial charge in [-0.2, -0.15) is 0 Å². The molecule has 0 aromatic heterocycles. The fraction of sp³-hybridized carbons (Fsp3) is 0.600. The van der Waals surface area contributed by atoms with Gasteiger partial charge in [-0.25, -0.2) is 0 Å². The second-order valence-electron chi connectivity index (χ2n) is 4.95. The summed E-state index contributed by atoms with van der Waals surface area (Å²) in [5, 5.41) is 14.4. The molecule has 1 N–H and O–H groups in total. The van der Waals surface area contributed by atoms with E-state index < -0.39 is 0 Å². The maximum absolute atomic E-state index is 10.9. The van der Waals surface area contributed by atoms with Crippen molar-refractivity contribution in [3.63, 3.8) is 0 Å². The fourth-order valence-electron chi connectivity index (χ4n) is 2.21. The Morgan fingerprint density at radius 2 is 2.11 bits per heavy atom. The molecule has 106 valence electrons. The molecule has 0 aliphatic carbocycles. The van der Waals surface area contributed by atoms with Crippen molar-refractivity contribution in [2.75, 3.05) is 0 Å². The smallest absolute Gasteiger partial charge is 0.272 e. The molecule has 0 saturated carbocycles. The summed E-state index contributed by atoms with van der Waals surface area (Å²) in [5.41, 5.74) is 2.00. The number of nitrogens with zero attached hydrogens (tertiary/aromatic N) is 1. The van der Waals surface area contributed by atoms with Gasteiger partial charge in [-0.15, -0.1) is 0 Å². The zero-order valence-electron chi connectivity index (χ0n) is 12.1. The number of nitro groups is 1. The Kier molecular flexibility index (Phi) is 6.50. The second-order valence-corrected chi connectivity index (χ2v) is 4.95. The van der Waals surface area contributed by atoms with Crippen LogP contribution in [0.1, 0.15) is 50.7 Å². The summed E-state index contributed by atoms with van der Waals surface area (Å²) in [7, 11) is 0. The summed E-state index contributed by atoms with van der Waals surface area (Å²) in [5.74, 6) is 0. The molecule has 1 aromatic carbocycles. The van der Waals surface area contributed by atoms with Crippen LogP contribution < -0.4 is 5.32 Å². The van der Waals surface area contributed by atoms with Crippen LogP contribution in [-0.2, 0) is 6.54 Å². The molecule has 0 spiro atoms. The van der Waals surface area contributed by atoms with Gasteiger partial charge in [0, 0.05) is 24.2 Å². The molecule has 1 rings (SSSR count). The minimum atomic E-state index is -0.312. The van der Waals surface area contributed by atoms with Gasteiger partial charge in [-0.3, -0.25) is 10.1 Å².